The normalized spacial score (nSPS) is 17.5. The lowest BCUT2D eigenvalue weighted by Gasteiger charge is -2.25. The molecular weight excluding hydrogens is 388 g/mol. The van der Waals surface area contributed by atoms with Crippen molar-refractivity contribution in [1.82, 2.24) is 9.21 Å². The van der Waals surface area contributed by atoms with Crippen LogP contribution in [0.2, 0.25) is 0 Å². The highest BCUT2D eigenvalue weighted by atomic mass is 32.2. The molecule has 0 bridgehead atoms. The van der Waals surface area contributed by atoms with Gasteiger partial charge in [-0.15, -0.1) is 0 Å². The van der Waals surface area contributed by atoms with Gasteiger partial charge in [-0.25, -0.2) is 26.3 Å². The van der Waals surface area contributed by atoms with Crippen LogP contribution in [-0.2, 0) is 10.0 Å². The highest BCUT2D eigenvalue weighted by Crippen LogP contribution is 2.24. The number of benzene rings is 2. The van der Waals surface area contributed by atoms with Gasteiger partial charge in [-0.05, 0) is 41.8 Å². The van der Waals surface area contributed by atoms with Crippen LogP contribution in [0.25, 0.3) is 11.1 Å². The summed E-state index contributed by atoms with van der Waals surface area (Å²) < 4.78 is 51.3. The number of halogens is 2. The number of nitrogens with one attached hydrogen (secondary N) is 1. The standard InChI is InChI=1S/C19H21F2N3O3S/c1-23(18-7-8-24(12-18)28(2,26)27)19(25)22-17-5-3-13(4-6-17)14-9-15(20)11-16(21)10-14/h3-6,9-11,18H,7-8,12H2,1-2H3,(H,22,25)/t18-/m1/s1. The number of sulfonamides is 1. The van der Waals surface area contributed by atoms with E-state index in [-0.39, 0.29) is 18.6 Å². The first-order valence-electron chi connectivity index (χ1n) is 8.69. The molecule has 28 heavy (non-hydrogen) atoms. The Bertz CT molecular complexity index is 960. The number of likely N-dealkylation sites (N-methyl/N-ethyl adjacent to an activating group) is 1. The van der Waals surface area contributed by atoms with Crippen LogP contribution in [0.3, 0.4) is 0 Å². The molecule has 2 aromatic carbocycles. The molecule has 150 valence electrons. The minimum Gasteiger partial charge on any atom is -0.323 e. The van der Waals surface area contributed by atoms with Crippen molar-refractivity contribution in [1.29, 1.82) is 0 Å². The van der Waals surface area contributed by atoms with Crippen molar-refractivity contribution >= 4 is 21.7 Å². The molecule has 1 saturated heterocycles. The van der Waals surface area contributed by atoms with Crippen LogP contribution in [-0.4, -0.2) is 56.1 Å². The molecule has 0 spiro atoms. The molecule has 0 unspecified atom stereocenters. The van der Waals surface area contributed by atoms with Crippen molar-refractivity contribution in [3.63, 3.8) is 0 Å². The van der Waals surface area contributed by atoms with Crippen LogP contribution in [0.15, 0.2) is 42.5 Å². The van der Waals surface area contributed by atoms with Gasteiger partial charge in [0.1, 0.15) is 11.6 Å². The van der Waals surface area contributed by atoms with Gasteiger partial charge in [0.05, 0.1) is 6.26 Å². The Morgan fingerprint density at radius 2 is 1.71 bits per heavy atom. The van der Waals surface area contributed by atoms with Crippen molar-refractivity contribution < 1.29 is 22.0 Å². The second-order valence-electron chi connectivity index (χ2n) is 6.84. The predicted octanol–water partition coefficient (Wildman–Crippen LogP) is 3.13. The minimum absolute atomic E-state index is 0.204. The summed E-state index contributed by atoms with van der Waals surface area (Å²) in [6, 6.07) is 9.31. The fourth-order valence-corrected chi connectivity index (χ4v) is 4.05. The largest absolute Gasteiger partial charge is 0.323 e. The molecule has 0 aliphatic carbocycles. The van der Waals surface area contributed by atoms with Gasteiger partial charge in [0.2, 0.25) is 10.0 Å². The molecule has 0 aromatic heterocycles. The molecule has 0 radical (unpaired) electrons. The summed E-state index contributed by atoms with van der Waals surface area (Å²) in [5.74, 6) is -1.32. The van der Waals surface area contributed by atoms with E-state index in [4.69, 9.17) is 0 Å². The molecule has 1 atom stereocenters. The van der Waals surface area contributed by atoms with E-state index in [0.29, 0.717) is 29.8 Å². The van der Waals surface area contributed by atoms with Crippen molar-refractivity contribution in [2.24, 2.45) is 0 Å². The minimum atomic E-state index is -3.27. The molecule has 1 aliphatic heterocycles. The Hall–Kier alpha value is -2.52. The van der Waals surface area contributed by atoms with Crippen LogP contribution < -0.4 is 5.32 Å². The molecule has 6 nitrogen and oxygen atoms in total. The van der Waals surface area contributed by atoms with Crippen molar-refractivity contribution in [3.05, 3.63) is 54.1 Å². The van der Waals surface area contributed by atoms with Gasteiger partial charge in [-0.1, -0.05) is 12.1 Å². The van der Waals surface area contributed by atoms with Gasteiger partial charge >= 0.3 is 6.03 Å². The monoisotopic (exact) mass is 409 g/mol. The maximum Gasteiger partial charge on any atom is 0.321 e. The van der Waals surface area contributed by atoms with Crippen LogP contribution in [0.1, 0.15) is 6.42 Å². The SMILES string of the molecule is CN(C(=O)Nc1ccc(-c2cc(F)cc(F)c2)cc1)[C@@H]1CCN(S(C)(=O)=O)C1. The zero-order valence-electron chi connectivity index (χ0n) is 15.5. The van der Waals surface area contributed by atoms with Crippen molar-refractivity contribution in [3.8, 4) is 11.1 Å². The Kier molecular flexibility index (Phi) is 5.66. The van der Waals surface area contributed by atoms with Gasteiger partial charge in [-0.3, -0.25) is 0 Å². The number of nitrogens with zero attached hydrogens (tertiary/aromatic N) is 2. The number of hydrogen-bond acceptors (Lipinski definition) is 3. The smallest absolute Gasteiger partial charge is 0.321 e. The Morgan fingerprint density at radius 3 is 2.25 bits per heavy atom. The van der Waals surface area contributed by atoms with E-state index in [1.54, 1.807) is 31.3 Å². The zero-order chi connectivity index (χ0) is 20.5. The summed E-state index contributed by atoms with van der Waals surface area (Å²) in [6.07, 6.45) is 1.72. The number of amides is 2. The number of urea groups is 1. The second kappa shape index (κ2) is 7.84. The van der Waals surface area contributed by atoms with E-state index < -0.39 is 21.7 Å². The molecule has 1 N–H and O–H groups in total. The lowest BCUT2D eigenvalue weighted by atomic mass is 10.1. The first-order chi connectivity index (χ1) is 13.1. The lowest BCUT2D eigenvalue weighted by molar-refractivity contribution is 0.206. The highest BCUT2D eigenvalue weighted by Gasteiger charge is 2.32. The molecule has 3 rings (SSSR count). The molecular formula is C19H21F2N3O3S. The van der Waals surface area contributed by atoms with Gasteiger partial charge in [0, 0.05) is 37.9 Å². The molecule has 2 amide bonds. The average molecular weight is 409 g/mol. The van der Waals surface area contributed by atoms with E-state index in [2.05, 4.69) is 5.32 Å². The molecule has 2 aromatic rings. The van der Waals surface area contributed by atoms with E-state index in [0.717, 1.165) is 12.3 Å². The van der Waals surface area contributed by atoms with Gasteiger partial charge in [0.25, 0.3) is 0 Å². The second-order valence-corrected chi connectivity index (χ2v) is 8.82. The first-order valence-corrected chi connectivity index (χ1v) is 10.5. The number of anilines is 1. The molecule has 1 aliphatic rings. The summed E-state index contributed by atoms with van der Waals surface area (Å²) in [5, 5.41) is 2.74. The summed E-state index contributed by atoms with van der Waals surface area (Å²) in [7, 11) is -1.65. The fourth-order valence-electron chi connectivity index (χ4n) is 3.17. The molecule has 1 heterocycles. The van der Waals surface area contributed by atoms with Crippen molar-refractivity contribution in [2.75, 3.05) is 31.7 Å². The number of rotatable bonds is 4. The third kappa shape index (κ3) is 4.66. The van der Waals surface area contributed by atoms with Crippen LogP contribution in [0.4, 0.5) is 19.3 Å². The maximum atomic E-state index is 13.4. The highest BCUT2D eigenvalue weighted by molar-refractivity contribution is 7.88. The quantitative estimate of drug-likeness (QED) is 0.844. The topological polar surface area (TPSA) is 69.7 Å². The Balaban J connectivity index is 1.64. The average Bonchev–Trinajstić information content (AvgIpc) is 3.11. The van der Waals surface area contributed by atoms with Gasteiger partial charge in [0.15, 0.2) is 0 Å². The Morgan fingerprint density at radius 1 is 1.11 bits per heavy atom. The van der Waals surface area contributed by atoms with E-state index in [9.17, 15) is 22.0 Å². The summed E-state index contributed by atoms with van der Waals surface area (Å²) in [4.78, 5) is 13.9. The number of carbonyl (C=O) groups excluding carboxylic acids is 1. The summed E-state index contributed by atoms with van der Waals surface area (Å²) in [6.45, 7) is 0.660. The maximum absolute atomic E-state index is 13.4. The molecule has 0 saturated carbocycles. The first kappa shape index (κ1) is 20.2. The Labute approximate surface area is 162 Å². The molecule has 1 fully saturated rings. The molecule has 9 heteroatoms. The summed E-state index contributed by atoms with van der Waals surface area (Å²) in [5.41, 5.74) is 1.54. The van der Waals surface area contributed by atoms with Crippen LogP contribution in [0, 0.1) is 11.6 Å². The van der Waals surface area contributed by atoms with Gasteiger partial charge < -0.3 is 10.2 Å². The summed E-state index contributed by atoms with van der Waals surface area (Å²) >= 11 is 0. The number of carbonyl (C=O) groups is 1. The van der Waals surface area contributed by atoms with Crippen LogP contribution in [0.5, 0.6) is 0 Å². The predicted molar refractivity (Wildman–Crippen MR) is 103 cm³/mol. The zero-order valence-corrected chi connectivity index (χ0v) is 16.3. The fraction of sp³-hybridized carbons (Fsp3) is 0.316. The van der Waals surface area contributed by atoms with Crippen molar-refractivity contribution in [2.45, 2.75) is 12.5 Å². The lowest BCUT2D eigenvalue weighted by Crippen LogP contribution is -2.42. The van der Waals surface area contributed by atoms with Crippen LogP contribution >= 0.6 is 0 Å². The third-order valence-electron chi connectivity index (χ3n) is 4.80. The van der Waals surface area contributed by atoms with Gasteiger partial charge in [-0.2, -0.15) is 0 Å². The number of hydrogen-bond donors (Lipinski definition) is 1. The van der Waals surface area contributed by atoms with E-state index >= 15 is 0 Å². The third-order valence-corrected chi connectivity index (χ3v) is 6.06. The van der Waals surface area contributed by atoms with E-state index in [1.807, 2.05) is 0 Å². The van der Waals surface area contributed by atoms with E-state index in [1.165, 1.54) is 21.3 Å².